The van der Waals surface area contributed by atoms with Crippen molar-refractivity contribution >= 4 is 23.6 Å². The molecule has 0 aliphatic carbocycles. The lowest BCUT2D eigenvalue weighted by molar-refractivity contribution is -0.132. The van der Waals surface area contributed by atoms with Crippen molar-refractivity contribution in [3.05, 3.63) is 23.4 Å². The standard InChI is InChI=1S/C13H15N3O4/c1-3-9-4-8(13(19)20)5-10(14-9)16-6-11(17)15-12(18)7(16)2/h4-5,7H,3,6H2,1-2H3,(H,19,20)(H,15,17,18). The van der Waals surface area contributed by atoms with Crippen LogP contribution in [0.1, 0.15) is 29.9 Å². The third-order valence-corrected chi connectivity index (χ3v) is 3.19. The smallest absolute Gasteiger partial charge is 0.335 e. The molecule has 1 aliphatic rings. The van der Waals surface area contributed by atoms with E-state index in [4.69, 9.17) is 5.11 Å². The molecule has 2 rings (SSSR count). The van der Waals surface area contributed by atoms with Crippen LogP contribution in [0.4, 0.5) is 5.82 Å². The van der Waals surface area contributed by atoms with E-state index in [1.54, 1.807) is 6.92 Å². The van der Waals surface area contributed by atoms with Gasteiger partial charge in [-0.2, -0.15) is 0 Å². The minimum absolute atomic E-state index is 0.0217. The highest BCUT2D eigenvalue weighted by Crippen LogP contribution is 2.20. The van der Waals surface area contributed by atoms with Gasteiger partial charge in [0.1, 0.15) is 11.9 Å². The summed E-state index contributed by atoms with van der Waals surface area (Å²) in [7, 11) is 0. The maximum absolute atomic E-state index is 11.6. The highest BCUT2D eigenvalue weighted by Gasteiger charge is 2.31. The van der Waals surface area contributed by atoms with Crippen LogP contribution in [0.5, 0.6) is 0 Å². The molecule has 1 aromatic rings. The van der Waals surface area contributed by atoms with Crippen molar-refractivity contribution in [2.45, 2.75) is 26.3 Å². The number of aromatic carboxylic acids is 1. The van der Waals surface area contributed by atoms with Crippen molar-refractivity contribution in [2.75, 3.05) is 11.4 Å². The monoisotopic (exact) mass is 277 g/mol. The van der Waals surface area contributed by atoms with E-state index in [9.17, 15) is 14.4 Å². The first kappa shape index (κ1) is 14.0. The molecule has 2 heterocycles. The molecule has 2 amide bonds. The van der Waals surface area contributed by atoms with E-state index < -0.39 is 23.8 Å². The van der Waals surface area contributed by atoms with Gasteiger partial charge in [-0.15, -0.1) is 0 Å². The van der Waals surface area contributed by atoms with Gasteiger partial charge < -0.3 is 10.0 Å². The minimum atomic E-state index is -1.07. The molecule has 0 saturated carbocycles. The molecule has 1 aliphatic heterocycles. The summed E-state index contributed by atoms with van der Waals surface area (Å²) in [6.07, 6.45) is 0.566. The third-order valence-electron chi connectivity index (χ3n) is 3.19. The molecular weight excluding hydrogens is 262 g/mol. The predicted molar refractivity (Wildman–Crippen MR) is 70.5 cm³/mol. The number of imide groups is 1. The molecule has 0 aromatic carbocycles. The first-order chi connectivity index (χ1) is 9.42. The Balaban J connectivity index is 2.45. The van der Waals surface area contributed by atoms with Crippen molar-refractivity contribution in [3.8, 4) is 0 Å². The number of carboxylic acids is 1. The number of anilines is 1. The SMILES string of the molecule is CCc1cc(C(=O)O)cc(N2CC(=O)NC(=O)C2C)n1. The molecule has 1 aromatic heterocycles. The summed E-state index contributed by atoms with van der Waals surface area (Å²) in [5.41, 5.74) is 0.697. The van der Waals surface area contributed by atoms with Gasteiger partial charge in [0, 0.05) is 5.69 Å². The number of carbonyl (C=O) groups is 3. The van der Waals surface area contributed by atoms with E-state index in [0.29, 0.717) is 17.9 Å². The molecule has 0 spiro atoms. The molecule has 1 saturated heterocycles. The second-order valence-electron chi connectivity index (χ2n) is 4.58. The molecule has 7 nitrogen and oxygen atoms in total. The zero-order chi connectivity index (χ0) is 14.9. The Hall–Kier alpha value is -2.44. The second kappa shape index (κ2) is 5.28. The van der Waals surface area contributed by atoms with Gasteiger partial charge in [-0.1, -0.05) is 6.92 Å². The van der Waals surface area contributed by atoms with E-state index in [-0.39, 0.29) is 12.1 Å². The maximum Gasteiger partial charge on any atom is 0.335 e. The van der Waals surface area contributed by atoms with Crippen molar-refractivity contribution in [1.29, 1.82) is 0 Å². The number of carboxylic acid groups (broad SMARTS) is 1. The third kappa shape index (κ3) is 2.61. The zero-order valence-electron chi connectivity index (χ0n) is 11.2. The molecule has 0 radical (unpaired) electrons. The number of nitrogens with zero attached hydrogens (tertiary/aromatic N) is 2. The van der Waals surface area contributed by atoms with Crippen LogP contribution >= 0.6 is 0 Å². The van der Waals surface area contributed by atoms with Crippen molar-refractivity contribution in [2.24, 2.45) is 0 Å². The fraction of sp³-hybridized carbons (Fsp3) is 0.385. The average Bonchev–Trinajstić information content (AvgIpc) is 2.42. The predicted octanol–water partition coefficient (Wildman–Crippen LogP) is 0.193. The summed E-state index contributed by atoms with van der Waals surface area (Å²) in [5, 5.41) is 11.3. The Bertz CT molecular complexity index is 585. The molecule has 1 unspecified atom stereocenters. The molecule has 2 N–H and O–H groups in total. The van der Waals surface area contributed by atoms with E-state index in [1.807, 2.05) is 6.92 Å². The fourth-order valence-corrected chi connectivity index (χ4v) is 2.02. The number of piperazine rings is 1. The lowest BCUT2D eigenvalue weighted by Gasteiger charge is -2.32. The van der Waals surface area contributed by atoms with Crippen molar-refractivity contribution in [1.82, 2.24) is 10.3 Å². The quantitative estimate of drug-likeness (QED) is 0.765. The van der Waals surface area contributed by atoms with Crippen LogP contribution in [0.15, 0.2) is 12.1 Å². The first-order valence-electron chi connectivity index (χ1n) is 6.27. The topological polar surface area (TPSA) is 99.6 Å². The fourth-order valence-electron chi connectivity index (χ4n) is 2.02. The van der Waals surface area contributed by atoms with Gasteiger partial charge in [0.2, 0.25) is 11.8 Å². The summed E-state index contributed by atoms with van der Waals surface area (Å²) >= 11 is 0. The lowest BCUT2D eigenvalue weighted by Crippen LogP contribution is -2.57. The Morgan fingerprint density at radius 2 is 2.20 bits per heavy atom. The van der Waals surface area contributed by atoms with Gasteiger partial charge in [-0.05, 0) is 25.5 Å². The average molecular weight is 277 g/mol. The van der Waals surface area contributed by atoms with Crippen LogP contribution in [0, 0.1) is 0 Å². The summed E-state index contributed by atoms with van der Waals surface area (Å²) in [5.74, 6) is -1.57. The highest BCUT2D eigenvalue weighted by atomic mass is 16.4. The van der Waals surface area contributed by atoms with Gasteiger partial charge in [-0.25, -0.2) is 9.78 Å². The molecule has 7 heteroatoms. The summed E-state index contributed by atoms with van der Waals surface area (Å²) in [6, 6.07) is 2.29. The molecular formula is C13H15N3O4. The highest BCUT2D eigenvalue weighted by molar-refractivity contribution is 6.04. The number of amides is 2. The van der Waals surface area contributed by atoms with Gasteiger partial charge in [-0.3, -0.25) is 14.9 Å². The van der Waals surface area contributed by atoms with Gasteiger partial charge in [0.25, 0.3) is 0 Å². The second-order valence-corrected chi connectivity index (χ2v) is 4.58. The Labute approximate surface area is 115 Å². The Kier molecular flexibility index (Phi) is 3.69. The van der Waals surface area contributed by atoms with Gasteiger partial charge in [0.15, 0.2) is 0 Å². The van der Waals surface area contributed by atoms with Crippen molar-refractivity contribution < 1.29 is 19.5 Å². The van der Waals surface area contributed by atoms with Crippen molar-refractivity contribution in [3.63, 3.8) is 0 Å². The number of hydrogen-bond donors (Lipinski definition) is 2. The number of nitrogens with one attached hydrogen (secondary N) is 1. The Morgan fingerprint density at radius 3 is 2.80 bits per heavy atom. The van der Waals surface area contributed by atoms with Crippen LogP contribution in [0.2, 0.25) is 0 Å². The number of pyridine rings is 1. The van der Waals surface area contributed by atoms with Crippen LogP contribution in [0.3, 0.4) is 0 Å². The van der Waals surface area contributed by atoms with E-state index in [2.05, 4.69) is 10.3 Å². The molecule has 20 heavy (non-hydrogen) atoms. The zero-order valence-corrected chi connectivity index (χ0v) is 11.2. The summed E-state index contributed by atoms with van der Waals surface area (Å²) < 4.78 is 0. The van der Waals surface area contributed by atoms with E-state index in [1.165, 1.54) is 17.0 Å². The number of hydrogen-bond acceptors (Lipinski definition) is 5. The Morgan fingerprint density at radius 1 is 1.50 bits per heavy atom. The van der Waals surface area contributed by atoms with E-state index >= 15 is 0 Å². The summed E-state index contributed by atoms with van der Waals surface area (Å²) in [6.45, 7) is 3.48. The van der Waals surface area contributed by atoms with E-state index in [0.717, 1.165) is 0 Å². The van der Waals surface area contributed by atoms with Gasteiger partial charge >= 0.3 is 5.97 Å². The van der Waals surface area contributed by atoms with Crippen LogP contribution in [-0.4, -0.2) is 40.5 Å². The van der Waals surface area contributed by atoms with Gasteiger partial charge in [0.05, 0.1) is 12.1 Å². The number of aryl methyl sites for hydroxylation is 1. The minimum Gasteiger partial charge on any atom is -0.478 e. The van der Waals surface area contributed by atoms with Crippen LogP contribution in [-0.2, 0) is 16.0 Å². The summed E-state index contributed by atoms with van der Waals surface area (Å²) in [4.78, 5) is 40.0. The lowest BCUT2D eigenvalue weighted by atomic mass is 10.1. The molecule has 0 bridgehead atoms. The van der Waals surface area contributed by atoms with Crippen LogP contribution < -0.4 is 10.2 Å². The molecule has 1 atom stereocenters. The number of carbonyl (C=O) groups excluding carboxylic acids is 2. The number of aromatic nitrogens is 1. The molecule has 106 valence electrons. The normalized spacial score (nSPS) is 18.9. The maximum atomic E-state index is 11.6. The van der Waals surface area contributed by atoms with Crippen LogP contribution in [0.25, 0.3) is 0 Å². The number of rotatable bonds is 3. The first-order valence-corrected chi connectivity index (χ1v) is 6.27. The largest absolute Gasteiger partial charge is 0.478 e. The molecule has 1 fully saturated rings.